The molecular weight excluding hydrogens is 1890 g/mol. The summed E-state index contributed by atoms with van der Waals surface area (Å²) in [5, 5.41) is 50.4. The average molecular weight is 2000 g/mol. The van der Waals surface area contributed by atoms with E-state index in [4.69, 9.17) is 9.97 Å². The molecule has 0 radical (unpaired) electrons. The zero-order chi connectivity index (χ0) is 102. The fourth-order valence-corrected chi connectivity index (χ4v) is 27.3. The van der Waals surface area contributed by atoms with Crippen molar-refractivity contribution in [2.45, 2.75) is 39.0 Å². The quantitative estimate of drug-likeness (QED) is 0.0349. The molecule has 6 aromatic heterocycles. The van der Waals surface area contributed by atoms with Gasteiger partial charge < -0.3 is 21.4 Å². The molecule has 0 N–H and O–H groups in total. The van der Waals surface area contributed by atoms with E-state index in [1.165, 1.54) is 149 Å². The van der Waals surface area contributed by atoms with Gasteiger partial charge in [-0.05, 0) is 120 Å². The van der Waals surface area contributed by atoms with Crippen LogP contribution in [0, 0.1) is 37.3 Å². The molecule has 5 aliphatic heterocycles. The molecule has 0 saturated heterocycles. The largest absolute Gasteiger partial charge is 0.662 e. The molecule has 148 heavy (non-hydrogen) atoms. The number of benzene rings is 13. The first kappa shape index (κ1) is 99.8. The molecule has 19 aromatic rings. The zero-order valence-corrected chi connectivity index (χ0v) is 86.1. The average Bonchev–Trinajstić information content (AvgIpc) is 0.871. The topological polar surface area (TPSA) is 182 Å². The predicted octanol–water partition coefficient (Wildman–Crippen LogP) is 22.8. The number of nitrogens with zero attached hydrogens (tertiary/aromatic N) is 6. The van der Waals surface area contributed by atoms with E-state index in [2.05, 4.69) is 387 Å². The Morgan fingerprint density at radius 1 is 0.257 bits per heavy atom. The Labute approximate surface area is 875 Å². The van der Waals surface area contributed by atoms with Crippen LogP contribution in [0.5, 0.6) is 0 Å². The van der Waals surface area contributed by atoms with Crippen LogP contribution < -0.4 is 53.5 Å². The van der Waals surface area contributed by atoms with E-state index in [-0.39, 0.29) is 17.1 Å². The zero-order valence-electron chi connectivity index (χ0n) is 83.7. The lowest BCUT2D eigenvalue weighted by Crippen LogP contribution is -2.69. The number of rotatable bonds is 18. The number of aromatic nitrogens is 3. The number of aryl methyl sites for hydroxylation is 1. The van der Waals surface area contributed by atoms with Gasteiger partial charge in [-0.3, -0.25) is 45.3 Å². The Morgan fingerprint density at radius 3 is 0.953 bits per heavy atom. The van der Waals surface area contributed by atoms with E-state index in [9.17, 15) is 30.3 Å². The predicted molar refractivity (Wildman–Crippen MR) is 626 cm³/mol. The second-order valence-corrected chi connectivity index (χ2v) is 41.9. The lowest BCUT2D eigenvalue weighted by Gasteiger charge is -2.50. The molecule has 17 nitrogen and oxygen atoms in total. The SMILES string of the molecule is C[O+]1CCC=C(c2ccc([N+](=O)[O-])cc2)[B-]1(c1ccc([N+](=O)[O-])cc1)c1ccc([N+](=O)[O-])cc1.C[O+]1CCC=C(c2ccc3ccccc3c2)[B-]1(c1ccc2ccccc2c1)c1ccc2ccccc2c1.C[O+]1CCC=C(c2ccccn2)[B-]1(c1ccccn1)c1ccccn1.C[O+]1CCC=C(c2cccs2)[B-]1(c1cccs1)c1cccs1.Cc1ccc([B-]2(c3ccccc3)C(c3ccc4ccccc4c3)=CCC[O+]2C)cc1. The van der Waals surface area contributed by atoms with Crippen molar-refractivity contribution in [2.75, 3.05) is 68.6 Å². The molecule has 25 heteroatoms. The van der Waals surface area contributed by atoms with Gasteiger partial charge in [-0.25, -0.2) is 0 Å². The number of hydrogen-bond donors (Lipinski definition) is 0. The van der Waals surface area contributed by atoms with Gasteiger partial charge in [0.25, 0.3) is 17.1 Å². The van der Waals surface area contributed by atoms with Crippen LogP contribution >= 0.6 is 34.0 Å². The minimum absolute atomic E-state index is 0.0371. The second-order valence-electron chi connectivity index (χ2n) is 39.0. The minimum Gasteiger partial charge on any atom is -0.662 e. The number of nitro groups is 3. The molecule has 1 atom stereocenters. The normalized spacial score (nSPS) is 17.1. The number of hydrogen-bond acceptors (Lipinski definition) is 12. The Bertz CT molecular complexity index is 7930. The molecule has 0 fully saturated rings. The summed E-state index contributed by atoms with van der Waals surface area (Å²) in [6, 6.07) is 133. The molecule has 13 aromatic carbocycles. The summed E-state index contributed by atoms with van der Waals surface area (Å²) in [6.45, 7) is 6.58. The van der Waals surface area contributed by atoms with Crippen LogP contribution in [0.1, 0.15) is 64.9 Å². The summed E-state index contributed by atoms with van der Waals surface area (Å²) in [4.78, 5) is 47.7. The Balaban J connectivity index is 0.000000113. The van der Waals surface area contributed by atoms with Crippen LogP contribution in [0.4, 0.5) is 17.1 Å². The summed E-state index contributed by atoms with van der Waals surface area (Å²) >= 11 is 5.58. The number of pyridine rings is 3. The number of fused-ring (bicyclic) bond motifs is 4. The molecule has 24 rings (SSSR count). The molecule has 5 aliphatic rings. The van der Waals surface area contributed by atoms with Crippen molar-refractivity contribution in [1.82, 2.24) is 15.0 Å². The lowest BCUT2D eigenvalue weighted by molar-refractivity contribution is -0.385. The van der Waals surface area contributed by atoms with Gasteiger partial charge in [0.2, 0.25) is 0 Å². The van der Waals surface area contributed by atoms with Crippen molar-refractivity contribution in [3.8, 4) is 0 Å². The first-order valence-corrected chi connectivity index (χ1v) is 53.1. The van der Waals surface area contributed by atoms with Gasteiger partial charge >= 0.3 is 31.7 Å². The van der Waals surface area contributed by atoms with Gasteiger partial charge in [0.15, 0.2) is 0 Å². The highest BCUT2D eigenvalue weighted by Crippen LogP contribution is 2.44. The maximum Gasteiger partial charge on any atom is 0.413 e. The lowest BCUT2D eigenvalue weighted by atomic mass is 9.25. The van der Waals surface area contributed by atoms with Gasteiger partial charge in [0.1, 0.15) is 33.0 Å². The minimum atomic E-state index is -1.94. The van der Waals surface area contributed by atoms with E-state index in [0.29, 0.717) is 13.0 Å². The van der Waals surface area contributed by atoms with Crippen LogP contribution in [0.15, 0.2) is 453 Å². The first-order valence-electron chi connectivity index (χ1n) is 50.4. The number of thiophene rings is 3. The Hall–Kier alpha value is -15.5. The van der Waals surface area contributed by atoms with E-state index in [1.54, 1.807) is 36.4 Å². The van der Waals surface area contributed by atoms with Crippen molar-refractivity contribution < 1.29 is 36.2 Å². The number of non-ortho nitro benzene ring substituents is 3. The van der Waals surface area contributed by atoms with E-state index < -0.39 is 46.5 Å². The van der Waals surface area contributed by atoms with Crippen molar-refractivity contribution in [2.24, 2.45) is 0 Å². The summed E-state index contributed by atoms with van der Waals surface area (Å²) < 4.78 is 20.3. The maximum absolute atomic E-state index is 11.2. The molecule has 11 heterocycles. The van der Waals surface area contributed by atoms with E-state index in [0.717, 1.165) is 96.4 Å². The van der Waals surface area contributed by atoms with Crippen LogP contribution in [-0.2, 0) is 21.4 Å². The summed E-state index contributed by atoms with van der Waals surface area (Å²) in [6.07, 6.45) is 14.8. The van der Waals surface area contributed by atoms with Crippen molar-refractivity contribution >= 4 is 207 Å². The number of nitro benzene ring substituents is 3. The highest BCUT2D eigenvalue weighted by Gasteiger charge is 2.54. The fourth-order valence-electron chi connectivity index (χ4n) is 24.2. The van der Waals surface area contributed by atoms with Crippen LogP contribution in [-0.4, -0.2) is 130 Å². The first-order chi connectivity index (χ1) is 72.3. The third kappa shape index (κ3) is 19.0. The molecule has 0 amide bonds. The fraction of sp³-hybridized carbons (Fsp3) is 0.130. The summed E-state index contributed by atoms with van der Waals surface area (Å²) in [5.41, 5.74) is 20.6. The van der Waals surface area contributed by atoms with E-state index in [1.807, 2.05) is 96.1 Å². The van der Waals surface area contributed by atoms with Gasteiger partial charge in [-0.1, -0.05) is 352 Å². The smallest absolute Gasteiger partial charge is 0.413 e. The molecule has 0 spiro atoms. The van der Waals surface area contributed by atoms with Gasteiger partial charge in [-0.2, -0.15) is 22.7 Å². The molecule has 0 aliphatic carbocycles. The standard InChI is InChI=1S/C35H29BO.C28H27BO.C23H20BN3O7.C20H20BN3O.C17H17BOS3/c1-37-22-8-15-35(32-17-16-26-9-2-5-12-29(26)23-32)36(37,33-20-18-27-10-3-6-13-30(27)24-33)34-21-19-28-11-4-7-14-31(28)25-34;1-22-14-18-27(19-15-22)29(26-11-4-3-5-12-26)28(13-8-20-30(29)2)25-17-16-23-9-6-7-10-24(23)21-25;1-34-16-2-3-23(17-4-10-20(11-5-17)25(28)29)24(34,18-6-12-21(13-7-18)26(30)31)19-8-14-22(15-9-19)27(32)33;1-25-16-8-9-17(18-10-2-5-13-22-18)21(25,19-11-3-6-14-23-19)20-12-4-7-15-24-20;1-19-10-2-6-14(15-7-3-11-20-15)18(19,16-8-4-12-21-16)17-9-5-13-22-17/h2-7,9-21,23-25H,8,22H2,1H3;3-7,9-19,21H,8,20H2,1-2H3;3-15H,2,16H2,1H3;2-7,9-15H,8,16H2,1H3;3-9,11-13H,2,10H2,1H3. The van der Waals surface area contributed by atoms with Crippen LogP contribution in [0.3, 0.4) is 0 Å². The maximum atomic E-state index is 11.2. The molecule has 734 valence electrons. The molecular formula is C123H113B5N6O11S3. The van der Waals surface area contributed by atoms with Crippen LogP contribution in [0.2, 0.25) is 0 Å². The van der Waals surface area contributed by atoms with Crippen molar-refractivity contribution in [3.63, 3.8) is 0 Å². The Kier molecular flexibility index (Phi) is 29.7. The second kappa shape index (κ2) is 44.0. The summed E-state index contributed by atoms with van der Waals surface area (Å²) in [7, 11) is 10.6. The third-order valence-corrected chi connectivity index (χ3v) is 34.1. The van der Waals surface area contributed by atoms with Gasteiger partial charge in [0.05, 0.1) is 50.3 Å². The van der Waals surface area contributed by atoms with E-state index >= 15 is 0 Å². The molecule has 0 saturated carbocycles. The molecule has 1 unspecified atom stereocenters. The van der Waals surface area contributed by atoms with Gasteiger partial charge in [0, 0.05) is 97.7 Å². The van der Waals surface area contributed by atoms with Gasteiger partial charge in [-0.15, -0.1) is 90.9 Å². The van der Waals surface area contributed by atoms with Crippen molar-refractivity contribution in [1.29, 1.82) is 0 Å². The Morgan fingerprint density at radius 2 is 0.568 bits per heavy atom. The molecule has 0 bridgehead atoms. The van der Waals surface area contributed by atoms with Crippen LogP contribution in [0.25, 0.3) is 70.5 Å². The monoisotopic (exact) mass is 2000 g/mol. The highest BCUT2D eigenvalue weighted by atomic mass is 32.1. The summed E-state index contributed by atoms with van der Waals surface area (Å²) in [5.74, 6) is 0. The van der Waals surface area contributed by atoms with Crippen molar-refractivity contribution in [3.05, 3.63) is 517 Å². The highest BCUT2D eigenvalue weighted by molar-refractivity contribution is 7.40. The third-order valence-electron chi connectivity index (χ3n) is 31.1.